The van der Waals surface area contributed by atoms with Crippen LogP contribution < -0.4 is 10.6 Å². The maximum atomic E-state index is 13.6. The van der Waals surface area contributed by atoms with Gasteiger partial charge >= 0.3 is 0 Å². The minimum atomic E-state index is -0.448. The molecule has 3 nitrogen and oxygen atoms in total. The number of hydrogen-bond donors (Lipinski definition) is 3. The maximum absolute atomic E-state index is 13.6. The topological polar surface area (TPSA) is 49.5 Å². The van der Waals surface area contributed by atoms with Gasteiger partial charge in [-0.3, -0.25) is 0 Å². The largest absolute Gasteiger partial charge is 0.402 e. The number of benzene rings is 2. The molecule has 138 valence electrons. The molecule has 0 aliphatic carbocycles. The first-order chi connectivity index (χ1) is 12.3. The third-order valence-electron chi connectivity index (χ3n) is 4.01. The fourth-order valence-electron chi connectivity index (χ4n) is 2.65. The number of likely N-dealkylation sites (N-methyl/N-ethyl adjacent to an activating group) is 1. The van der Waals surface area contributed by atoms with E-state index in [-0.39, 0.29) is 12.2 Å². The Labute approximate surface area is 164 Å². The Kier molecular flexibility index (Phi) is 6.75. The number of halogens is 2. The van der Waals surface area contributed by atoms with E-state index in [4.69, 9.17) is 17.3 Å². The van der Waals surface area contributed by atoms with Crippen LogP contribution in [0.5, 0.6) is 0 Å². The third kappa shape index (κ3) is 4.41. The molecule has 26 heavy (non-hydrogen) atoms. The van der Waals surface area contributed by atoms with Gasteiger partial charge in [0.25, 0.3) is 0 Å². The summed E-state index contributed by atoms with van der Waals surface area (Å²) in [7, 11) is 1.90. The molecule has 6 heteroatoms. The first-order valence-corrected chi connectivity index (χ1v) is 8.87. The Morgan fingerprint density at radius 3 is 2.62 bits per heavy atom. The van der Waals surface area contributed by atoms with Crippen molar-refractivity contribution in [3.63, 3.8) is 0 Å². The molecule has 0 spiro atoms. The first kappa shape index (κ1) is 20.4. The van der Waals surface area contributed by atoms with Crippen molar-refractivity contribution < 1.29 is 9.50 Å². The Hall–Kier alpha value is -1.95. The second-order valence-corrected chi connectivity index (χ2v) is 6.83. The minimum Gasteiger partial charge on any atom is -0.402 e. The number of aliphatic hydroxyl groups is 1. The molecule has 2 aromatic rings. The van der Waals surface area contributed by atoms with Crippen LogP contribution in [0.25, 0.3) is 11.1 Å². The highest BCUT2D eigenvalue weighted by molar-refractivity contribution is 7.80. The molecule has 0 bridgehead atoms. The van der Waals surface area contributed by atoms with E-state index in [9.17, 15) is 9.50 Å². The summed E-state index contributed by atoms with van der Waals surface area (Å²) in [4.78, 5) is 2.65. The van der Waals surface area contributed by atoms with Gasteiger partial charge in [-0.1, -0.05) is 23.7 Å². The number of aliphatic hydroxyl groups excluding tert-OH is 1. The van der Waals surface area contributed by atoms with Crippen LogP contribution in [0.2, 0.25) is 5.02 Å². The molecule has 0 heterocycles. The number of rotatable bonds is 5. The third-order valence-corrected chi connectivity index (χ3v) is 4.68. The van der Waals surface area contributed by atoms with Gasteiger partial charge in [0, 0.05) is 34.5 Å². The summed E-state index contributed by atoms with van der Waals surface area (Å²) in [5.74, 6) is -0.448. The molecule has 0 aliphatic heterocycles. The Morgan fingerprint density at radius 2 is 2.04 bits per heavy atom. The molecule has 0 aliphatic rings. The van der Waals surface area contributed by atoms with E-state index in [0.717, 1.165) is 16.9 Å². The van der Waals surface area contributed by atoms with Gasteiger partial charge in [0.05, 0.1) is 17.3 Å². The molecule has 2 rings (SSSR count). The smallest absolute Gasteiger partial charge is 0.128 e. The normalized spacial score (nSPS) is 12.4. The van der Waals surface area contributed by atoms with Crippen molar-refractivity contribution >= 4 is 29.9 Å². The van der Waals surface area contributed by atoms with Crippen LogP contribution in [0.3, 0.4) is 0 Å². The quantitative estimate of drug-likeness (QED) is 0.488. The predicted octanol–water partition coefficient (Wildman–Crippen LogP) is 5.13. The fourth-order valence-corrected chi connectivity index (χ4v) is 3.26. The highest BCUT2D eigenvalue weighted by atomic mass is 35.5. The molecule has 0 saturated heterocycles. The van der Waals surface area contributed by atoms with Gasteiger partial charge in [-0.25, -0.2) is 4.39 Å². The Bertz CT molecular complexity index is 876. The summed E-state index contributed by atoms with van der Waals surface area (Å²) in [5.41, 5.74) is 9.87. The Balaban J connectivity index is 2.50. The van der Waals surface area contributed by atoms with Crippen molar-refractivity contribution in [3.8, 4) is 11.1 Å². The standard InChI is InChI=1S/C20H22ClFN2OS/c1-4-15(7-12(2)23)24(3)19-10-17(21)16(9-20(19)26)13-5-6-18(22)14(8-13)11-25/h4-10,25-26H,11,23H2,1-3H3/b12-7+,15-4+. The number of nitrogens with two attached hydrogens (primary N) is 1. The summed E-state index contributed by atoms with van der Waals surface area (Å²) in [6.45, 7) is 3.37. The van der Waals surface area contributed by atoms with Gasteiger partial charge in [-0.2, -0.15) is 0 Å². The average Bonchev–Trinajstić information content (AvgIpc) is 2.61. The Morgan fingerprint density at radius 1 is 1.35 bits per heavy atom. The van der Waals surface area contributed by atoms with E-state index in [2.05, 4.69) is 12.6 Å². The second-order valence-electron chi connectivity index (χ2n) is 5.95. The number of nitrogens with zero attached hydrogens (tertiary/aromatic N) is 1. The van der Waals surface area contributed by atoms with Gasteiger partial charge in [0.1, 0.15) is 5.82 Å². The average molecular weight is 393 g/mol. The number of hydrogen-bond acceptors (Lipinski definition) is 4. The van der Waals surface area contributed by atoms with E-state index in [1.54, 1.807) is 12.1 Å². The fraction of sp³-hybridized carbons (Fsp3) is 0.200. The lowest BCUT2D eigenvalue weighted by Gasteiger charge is -2.24. The van der Waals surface area contributed by atoms with Crippen LogP contribution >= 0.6 is 24.2 Å². The van der Waals surface area contributed by atoms with E-state index in [1.165, 1.54) is 6.07 Å². The van der Waals surface area contributed by atoms with E-state index in [1.807, 2.05) is 50.1 Å². The molecule has 0 aromatic heterocycles. The maximum Gasteiger partial charge on any atom is 0.128 e. The van der Waals surface area contributed by atoms with Crippen molar-refractivity contribution in [2.45, 2.75) is 25.3 Å². The first-order valence-electron chi connectivity index (χ1n) is 8.04. The van der Waals surface area contributed by atoms with E-state index < -0.39 is 5.82 Å². The van der Waals surface area contributed by atoms with Gasteiger partial charge in [0.2, 0.25) is 0 Å². The van der Waals surface area contributed by atoms with Gasteiger partial charge in [-0.15, -0.1) is 12.6 Å². The molecule has 2 aromatic carbocycles. The molecule has 0 unspecified atom stereocenters. The zero-order valence-corrected chi connectivity index (χ0v) is 16.6. The summed E-state index contributed by atoms with van der Waals surface area (Å²) in [6, 6.07) is 8.18. The molecule has 0 saturated carbocycles. The van der Waals surface area contributed by atoms with Crippen LogP contribution in [-0.4, -0.2) is 12.2 Å². The summed E-state index contributed by atoms with van der Waals surface area (Å²) in [6.07, 6.45) is 3.81. The summed E-state index contributed by atoms with van der Waals surface area (Å²) >= 11 is 11.1. The zero-order valence-electron chi connectivity index (χ0n) is 14.9. The molecule has 0 amide bonds. The van der Waals surface area contributed by atoms with Gasteiger partial charge in [0.15, 0.2) is 0 Å². The predicted molar refractivity (Wildman–Crippen MR) is 110 cm³/mol. The molecular weight excluding hydrogens is 371 g/mol. The monoisotopic (exact) mass is 392 g/mol. The van der Waals surface area contributed by atoms with Crippen molar-refractivity contribution in [2.24, 2.45) is 5.73 Å². The van der Waals surface area contributed by atoms with Crippen molar-refractivity contribution in [2.75, 3.05) is 11.9 Å². The number of thiol groups is 1. The van der Waals surface area contributed by atoms with Crippen molar-refractivity contribution in [1.82, 2.24) is 0 Å². The highest BCUT2D eigenvalue weighted by Crippen LogP contribution is 2.37. The number of allylic oxidation sites excluding steroid dienone is 3. The summed E-state index contributed by atoms with van der Waals surface area (Å²) in [5, 5.41) is 9.78. The van der Waals surface area contributed by atoms with Gasteiger partial charge < -0.3 is 15.7 Å². The van der Waals surface area contributed by atoms with Crippen molar-refractivity contribution in [3.05, 3.63) is 70.3 Å². The lowest BCUT2D eigenvalue weighted by atomic mass is 10.0. The lowest BCUT2D eigenvalue weighted by molar-refractivity contribution is 0.276. The van der Waals surface area contributed by atoms with Crippen LogP contribution in [0.4, 0.5) is 10.1 Å². The molecule has 0 atom stereocenters. The molecule has 0 radical (unpaired) electrons. The van der Waals surface area contributed by atoms with E-state index in [0.29, 0.717) is 21.2 Å². The number of anilines is 1. The zero-order chi connectivity index (χ0) is 19.4. The second kappa shape index (κ2) is 8.62. The van der Waals surface area contributed by atoms with Crippen LogP contribution in [0.15, 0.2) is 58.8 Å². The van der Waals surface area contributed by atoms with Crippen LogP contribution in [0.1, 0.15) is 19.4 Å². The van der Waals surface area contributed by atoms with E-state index >= 15 is 0 Å². The summed E-state index contributed by atoms with van der Waals surface area (Å²) < 4.78 is 13.6. The van der Waals surface area contributed by atoms with Crippen LogP contribution in [0, 0.1) is 5.82 Å². The van der Waals surface area contributed by atoms with Crippen molar-refractivity contribution in [1.29, 1.82) is 0 Å². The molecular formula is C20H22ClFN2OS. The minimum absolute atomic E-state index is 0.222. The molecule has 3 N–H and O–H groups in total. The molecule has 0 fully saturated rings. The van der Waals surface area contributed by atoms with Gasteiger partial charge in [-0.05, 0) is 49.8 Å². The SMILES string of the molecule is C/C=C(\C=C(/C)N)N(C)c1cc(Cl)c(-c2ccc(F)c(CO)c2)cc1S. The highest BCUT2D eigenvalue weighted by Gasteiger charge is 2.14. The lowest BCUT2D eigenvalue weighted by Crippen LogP contribution is -2.16. The van der Waals surface area contributed by atoms with Crippen LogP contribution in [-0.2, 0) is 6.61 Å².